The summed E-state index contributed by atoms with van der Waals surface area (Å²) in [5.74, 6) is 5.33. The molecule has 0 aliphatic heterocycles. The number of hydrazone groups is 1. The van der Waals surface area contributed by atoms with Crippen LogP contribution < -0.4 is 22.4 Å². The molecule has 19 heavy (non-hydrogen) atoms. The molecule has 0 saturated carbocycles. The molecule has 1 aromatic heterocycles. The summed E-state index contributed by atoms with van der Waals surface area (Å²) in [6, 6.07) is 5.40. The molecule has 2 rings (SSSR count). The van der Waals surface area contributed by atoms with Gasteiger partial charge in [-0.1, -0.05) is 13.8 Å². The number of rotatable bonds is 4. The van der Waals surface area contributed by atoms with Crippen LogP contribution in [-0.2, 0) is 0 Å². The van der Waals surface area contributed by atoms with Crippen LogP contribution in [-0.4, -0.2) is 27.5 Å². The molecule has 0 bridgehead atoms. The number of hydrazine groups is 1. The molecule has 0 atom stereocenters. The molecule has 0 unspecified atom stereocenters. The zero-order chi connectivity index (χ0) is 14.3. The van der Waals surface area contributed by atoms with Crippen molar-refractivity contribution in [1.29, 1.82) is 0 Å². The maximum absolute atomic E-state index is 9.31. The van der Waals surface area contributed by atoms with Gasteiger partial charge < -0.3 is 16.3 Å². The van der Waals surface area contributed by atoms with Gasteiger partial charge in [-0.15, -0.1) is 9.94 Å². The first-order chi connectivity index (χ1) is 9.20. The number of fused-ring (bicyclic) bond motifs is 1. The average Bonchev–Trinajstić information content (AvgIpc) is 2.80. The van der Waals surface area contributed by atoms with Crippen molar-refractivity contribution in [3.8, 4) is 0 Å². The fourth-order valence-electron chi connectivity index (χ4n) is 1.44. The molecule has 8 heteroatoms. The Bertz CT molecular complexity index is 549. The van der Waals surface area contributed by atoms with Gasteiger partial charge in [0.15, 0.2) is 0 Å². The third kappa shape index (κ3) is 3.75. The zero-order valence-corrected chi connectivity index (χ0v) is 11.0. The summed E-state index contributed by atoms with van der Waals surface area (Å²) < 4.78 is 0. The third-order valence-corrected chi connectivity index (χ3v) is 2.23. The van der Waals surface area contributed by atoms with Crippen molar-refractivity contribution < 1.29 is 5.21 Å². The Kier molecular flexibility index (Phi) is 5.42. The molecule has 104 valence electrons. The lowest BCUT2D eigenvalue weighted by atomic mass is 10.2. The first-order valence-electron chi connectivity index (χ1n) is 5.89. The van der Waals surface area contributed by atoms with Crippen molar-refractivity contribution in [3.63, 3.8) is 0 Å². The highest BCUT2D eigenvalue weighted by molar-refractivity contribution is 5.86. The van der Waals surface area contributed by atoms with E-state index >= 15 is 0 Å². The van der Waals surface area contributed by atoms with E-state index in [-0.39, 0.29) is 0 Å². The highest BCUT2D eigenvalue weighted by atomic mass is 16.5. The summed E-state index contributed by atoms with van der Waals surface area (Å²) in [7, 11) is 0. The van der Waals surface area contributed by atoms with Crippen LogP contribution in [0.4, 0.5) is 5.69 Å². The van der Waals surface area contributed by atoms with Gasteiger partial charge in [0.2, 0.25) is 0 Å². The van der Waals surface area contributed by atoms with Crippen molar-refractivity contribution in [3.05, 3.63) is 24.4 Å². The highest BCUT2D eigenvalue weighted by Crippen LogP contribution is 2.17. The lowest BCUT2D eigenvalue weighted by molar-refractivity contribution is 0.161. The number of aromatic nitrogens is 2. The summed E-state index contributed by atoms with van der Waals surface area (Å²) in [4.78, 5) is 0.827. The number of nitrogens with one attached hydrogen (secondary N) is 2. The normalized spacial score (nSPS) is 10.8. The van der Waals surface area contributed by atoms with Gasteiger partial charge in [0.05, 0.1) is 12.7 Å². The fraction of sp³-hybridized carbons (Fsp3) is 0.273. The first kappa shape index (κ1) is 14.6. The van der Waals surface area contributed by atoms with Gasteiger partial charge in [0.25, 0.3) is 0 Å². The largest absolute Gasteiger partial charge is 0.411 e. The van der Waals surface area contributed by atoms with Crippen LogP contribution in [0.2, 0.25) is 0 Å². The summed E-state index contributed by atoms with van der Waals surface area (Å²) >= 11 is 0. The third-order valence-electron chi connectivity index (χ3n) is 2.23. The van der Waals surface area contributed by atoms with Crippen molar-refractivity contribution >= 4 is 22.4 Å². The lowest BCUT2D eigenvalue weighted by Crippen LogP contribution is -2.28. The molecule has 2 aromatic rings. The zero-order valence-electron chi connectivity index (χ0n) is 11.0. The monoisotopic (exact) mass is 265 g/mol. The molecule has 0 aliphatic carbocycles. The number of hydrogen-bond donors (Lipinski definition) is 5. The van der Waals surface area contributed by atoms with Gasteiger partial charge in [-0.3, -0.25) is 0 Å². The SMILES string of the molecule is CC.NN/N=C(\N)CNc1ccc2c(cnn2O)c1. The Balaban J connectivity index is 0.000000861. The smallest absolute Gasteiger partial charge is 0.140 e. The van der Waals surface area contributed by atoms with E-state index in [1.54, 1.807) is 18.3 Å². The Morgan fingerprint density at radius 1 is 1.47 bits per heavy atom. The maximum Gasteiger partial charge on any atom is 0.140 e. The topological polar surface area (TPSA) is 127 Å². The molecule has 0 amide bonds. The standard InChI is InChI=1S/C9H13N7O.C2H6/c10-9(14-15-11)5-12-7-1-2-8-6(3-7)4-13-16(8)17;1-2/h1-4,12,15,17H,5,11H2,(H2,10,14);1-2H3. The quantitative estimate of drug-likeness (QED) is 0.179. The molecule has 0 spiro atoms. The molecule has 1 aromatic carbocycles. The summed E-state index contributed by atoms with van der Waals surface area (Å²) in [5.41, 5.74) is 9.14. The van der Waals surface area contributed by atoms with Crippen molar-refractivity contribution in [2.24, 2.45) is 16.7 Å². The number of nitrogens with zero attached hydrogens (tertiary/aromatic N) is 3. The fourth-order valence-corrected chi connectivity index (χ4v) is 1.44. The number of hydrogen-bond acceptors (Lipinski definition) is 6. The van der Waals surface area contributed by atoms with Crippen LogP contribution in [0.1, 0.15) is 13.8 Å². The van der Waals surface area contributed by atoms with E-state index in [1.807, 2.05) is 19.9 Å². The molecular weight excluding hydrogens is 246 g/mol. The first-order valence-corrected chi connectivity index (χ1v) is 5.89. The second-order valence-corrected chi connectivity index (χ2v) is 3.39. The number of anilines is 1. The van der Waals surface area contributed by atoms with Gasteiger partial charge in [-0.05, 0) is 18.2 Å². The number of amidine groups is 1. The molecule has 0 aliphatic rings. The minimum Gasteiger partial charge on any atom is -0.411 e. The van der Waals surface area contributed by atoms with Gasteiger partial charge in [-0.2, -0.15) is 5.10 Å². The van der Waals surface area contributed by atoms with Gasteiger partial charge in [0.1, 0.15) is 11.4 Å². The van der Waals surface area contributed by atoms with E-state index in [0.717, 1.165) is 15.9 Å². The van der Waals surface area contributed by atoms with Gasteiger partial charge in [0, 0.05) is 11.1 Å². The van der Waals surface area contributed by atoms with Crippen molar-refractivity contribution in [2.75, 3.05) is 11.9 Å². The minimum atomic E-state index is 0.338. The Hall–Kier alpha value is -2.48. The molecule has 0 fully saturated rings. The van der Waals surface area contributed by atoms with Crippen LogP contribution in [0, 0.1) is 0 Å². The van der Waals surface area contributed by atoms with Crippen LogP contribution in [0.25, 0.3) is 10.9 Å². The molecule has 0 radical (unpaired) electrons. The Labute approximate surface area is 111 Å². The van der Waals surface area contributed by atoms with E-state index in [0.29, 0.717) is 17.9 Å². The molecule has 7 N–H and O–H groups in total. The highest BCUT2D eigenvalue weighted by Gasteiger charge is 2.02. The summed E-state index contributed by atoms with van der Waals surface area (Å²) in [6.45, 7) is 4.36. The van der Waals surface area contributed by atoms with E-state index in [4.69, 9.17) is 11.6 Å². The molecular formula is C11H19N7O. The molecule has 0 saturated heterocycles. The predicted molar refractivity (Wildman–Crippen MR) is 75.7 cm³/mol. The molecule has 8 nitrogen and oxygen atoms in total. The van der Waals surface area contributed by atoms with E-state index in [1.165, 1.54) is 0 Å². The van der Waals surface area contributed by atoms with Crippen LogP contribution in [0.15, 0.2) is 29.5 Å². The van der Waals surface area contributed by atoms with Crippen LogP contribution in [0.5, 0.6) is 0 Å². The summed E-state index contributed by atoms with van der Waals surface area (Å²) in [5, 5.41) is 20.5. The van der Waals surface area contributed by atoms with Crippen LogP contribution >= 0.6 is 0 Å². The lowest BCUT2D eigenvalue weighted by Gasteiger charge is -2.05. The Morgan fingerprint density at radius 3 is 2.89 bits per heavy atom. The maximum atomic E-state index is 9.31. The van der Waals surface area contributed by atoms with Gasteiger partial charge >= 0.3 is 0 Å². The van der Waals surface area contributed by atoms with E-state index in [9.17, 15) is 5.21 Å². The minimum absolute atomic E-state index is 0.338. The van der Waals surface area contributed by atoms with Crippen molar-refractivity contribution in [2.45, 2.75) is 13.8 Å². The number of benzene rings is 1. The predicted octanol–water partition coefficient (Wildman–Crippen LogP) is 0.447. The second kappa shape index (κ2) is 7.07. The van der Waals surface area contributed by atoms with E-state index < -0.39 is 0 Å². The summed E-state index contributed by atoms with van der Waals surface area (Å²) in [6.07, 6.45) is 1.57. The second-order valence-electron chi connectivity index (χ2n) is 3.39. The van der Waals surface area contributed by atoms with Crippen molar-refractivity contribution in [1.82, 2.24) is 15.5 Å². The van der Waals surface area contributed by atoms with Crippen LogP contribution in [0.3, 0.4) is 0 Å². The van der Waals surface area contributed by atoms with E-state index in [2.05, 4.69) is 21.1 Å². The molecule has 1 heterocycles. The number of nitrogens with two attached hydrogens (primary N) is 2. The Morgan fingerprint density at radius 2 is 2.21 bits per heavy atom. The average molecular weight is 265 g/mol. The van der Waals surface area contributed by atoms with Gasteiger partial charge in [-0.25, -0.2) is 11.4 Å².